The fourth-order valence-electron chi connectivity index (χ4n) is 4.65. The van der Waals surface area contributed by atoms with Gasteiger partial charge in [0.05, 0.1) is 12.5 Å². The molecule has 0 saturated carbocycles. The van der Waals surface area contributed by atoms with Crippen LogP contribution in [0.2, 0.25) is 0 Å². The van der Waals surface area contributed by atoms with Gasteiger partial charge in [0.2, 0.25) is 11.8 Å². The first kappa shape index (κ1) is 20.6. The monoisotopic (exact) mass is 456 g/mol. The quantitative estimate of drug-likeness (QED) is 0.627. The summed E-state index contributed by atoms with van der Waals surface area (Å²) in [6.07, 6.45) is 2.46. The minimum atomic E-state index is -0.590. The lowest BCUT2D eigenvalue weighted by Gasteiger charge is -2.40. The number of fused-ring (bicyclic) bond motifs is 1. The molecule has 9 nitrogen and oxygen atoms in total. The number of ether oxygens (including phenoxy) is 1. The highest BCUT2D eigenvalue weighted by Gasteiger charge is 2.52. The van der Waals surface area contributed by atoms with E-state index in [0.29, 0.717) is 53.8 Å². The van der Waals surface area contributed by atoms with E-state index in [1.807, 2.05) is 0 Å². The van der Waals surface area contributed by atoms with Crippen molar-refractivity contribution in [3.05, 3.63) is 42.0 Å². The van der Waals surface area contributed by atoms with Crippen molar-refractivity contribution in [2.45, 2.75) is 18.8 Å². The Balaban J connectivity index is 1.29. The summed E-state index contributed by atoms with van der Waals surface area (Å²) in [6.45, 7) is 1.39. The Hall–Kier alpha value is -3.34. The van der Waals surface area contributed by atoms with Gasteiger partial charge in [-0.3, -0.25) is 10.1 Å². The molecule has 2 fully saturated rings. The van der Waals surface area contributed by atoms with Gasteiger partial charge in [0, 0.05) is 25.6 Å². The average Bonchev–Trinajstić information content (AvgIpc) is 3.35. The van der Waals surface area contributed by atoms with Crippen molar-refractivity contribution in [1.29, 1.82) is 0 Å². The molecule has 2 N–H and O–H groups in total. The summed E-state index contributed by atoms with van der Waals surface area (Å²) in [4.78, 5) is 40.5. The van der Waals surface area contributed by atoms with Gasteiger partial charge < -0.3 is 15.0 Å². The molecule has 0 bridgehead atoms. The lowest BCUT2D eigenvalue weighted by molar-refractivity contribution is -0.130. The molecule has 2 aliphatic heterocycles. The minimum Gasteiger partial charge on any atom is -0.479 e. The van der Waals surface area contributed by atoms with Crippen molar-refractivity contribution in [2.24, 2.45) is 5.41 Å². The number of hydrogen-bond donors (Lipinski definition) is 2. The van der Waals surface area contributed by atoms with Crippen LogP contribution in [0, 0.1) is 11.2 Å². The normalized spacial score (nSPS) is 19.9. The zero-order chi connectivity index (χ0) is 22.3. The van der Waals surface area contributed by atoms with E-state index in [-0.39, 0.29) is 23.7 Å². The van der Waals surface area contributed by atoms with Gasteiger partial charge in [-0.15, -0.1) is 0 Å². The third kappa shape index (κ3) is 3.42. The number of piperidine rings is 1. The van der Waals surface area contributed by atoms with Crippen LogP contribution in [0.25, 0.3) is 10.3 Å². The second-order valence-electron chi connectivity index (χ2n) is 7.94. The molecule has 166 valence electrons. The fraction of sp³-hybridized carbons (Fsp3) is 0.381. The molecule has 1 spiro atoms. The van der Waals surface area contributed by atoms with Gasteiger partial charge >= 0.3 is 6.03 Å². The lowest BCUT2D eigenvalue weighted by atomic mass is 9.68. The Kier molecular flexibility index (Phi) is 5.12. The van der Waals surface area contributed by atoms with Crippen LogP contribution in [0.15, 0.2) is 30.6 Å². The minimum absolute atomic E-state index is 0.00345. The Morgan fingerprint density at radius 2 is 2.03 bits per heavy atom. The maximum absolute atomic E-state index is 13.4. The Bertz CT molecular complexity index is 1180. The highest BCUT2D eigenvalue weighted by molar-refractivity contribution is 7.22. The van der Waals surface area contributed by atoms with E-state index in [1.165, 1.54) is 36.9 Å². The van der Waals surface area contributed by atoms with E-state index >= 15 is 0 Å². The summed E-state index contributed by atoms with van der Waals surface area (Å²) in [5, 5.41) is 6.20. The molecule has 0 aliphatic carbocycles. The largest absolute Gasteiger partial charge is 0.479 e. The van der Waals surface area contributed by atoms with Gasteiger partial charge in [0.25, 0.3) is 0 Å². The SMILES string of the molecule is COc1ncnc2sc(NC(=O)N3CCC4(CC3)C(=O)NC[C@@H]4c3ccc(F)cc3)nc12. The third-order valence-corrected chi connectivity index (χ3v) is 7.25. The van der Waals surface area contributed by atoms with Crippen LogP contribution >= 0.6 is 11.3 Å². The summed E-state index contributed by atoms with van der Waals surface area (Å²) >= 11 is 1.24. The molecule has 1 aromatic carbocycles. The van der Waals surface area contributed by atoms with E-state index in [4.69, 9.17) is 4.74 Å². The van der Waals surface area contributed by atoms with Crippen molar-refractivity contribution in [3.63, 3.8) is 0 Å². The van der Waals surface area contributed by atoms with Crippen LogP contribution in [0.3, 0.4) is 0 Å². The number of urea groups is 1. The maximum Gasteiger partial charge on any atom is 0.323 e. The number of benzene rings is 1. The van der Waals surface area contributed by atoms with Crippen molar-refractivity contribution in [1.82, 2.24) is 25.2 Å². The topological polar surface area (TPSA) is 109 Å². The zero-order valence-electron chi connectivity index (χ0n) is 17.3. The summed E-state index contributed by atoms with van der Waals surface area (Å²) < 4.78 is 18.6. The number of nitrogens with one attached hydrogen (secondary N) is 2. The van der Waals surface area contributed by atoms with Crippen LogP contribution in [0.5, 0.6) is 5.88 Å². The molecule has 2 saturated heterocycles. The standard InChI is InChI=1S/C21H21FN6O3S/c1-31-16-15-17(25-11-24-16)32-19(26-15)27-20(30)28-8-6-21(7-9-28)14(10-23-18(21)29)12-2-4-13(22)5-3-12/h2-5,11,14H,6-10H2,1H3,(H,23,29)(H,26,27,30)/t14-/m1/s1. The Morgan fingerprint density at radius 1 is 1.28 bits per heavy atom. The van der Waals surface area contributed by atoms with Crippen molar-refractivity contribution >= 4 is 38.8 Å². The number of nitrogens with zero attached hydrogens (tertiary/aromatic N) is 4. The summed E-state index contributed by atoms with van der Waals surface area (Å²) in [5.74, 6) is 0.00982. The first-order valence-corrected chi connectivity index (χ1v) is 11.1. The molecular formula is C21H21FN6O3S. The smallest absolute Gasteiger partial charge is 0.323 e. The van der Waals surface area contributed by atoms with Gasteiger partial charge in [-0.25, -0.2) is 19.2 Å². The summed E-state index contributed by atoms with van der Waals surface area (Å²) in [6, 6.07) is 6.05. The second-order valence-corrected chi connectivity index (χ2v) is 8.92. The van der Waals surface area contributed by atoms with Crippen molar-refractivity contribution < 1.29 is 18.7 Å². The van der Waals surface area contributed by atoms with Crippen LogP contribution in [0.4, 0.5) is 14.3 Å². The van der Waals surface area contributed by atoms with Gasteiger partial charge in [0.15, 0.2) is 15.5 Å². The maximum atomic E-state index is 13.4. The number of likely N-dealkylation sites (tertiary alicyclic amines) is 1. The van der Waals surface area contributed by atoms with Gasteiger partial charge in [0.1, 0.15) is 12.1 Å². The second kappa shape index (κ2) is 7.97. The number of thiazole rings is 1. The Morgan fingerprint density at radius 3 is 2.75 bits per heavy atom. The molecule has 3 aromatic rings. The predicted molar refractivity (Wildman–Crippen MR) is 116 cm³/mol. The van der Waals surface area contributed by atoms with Crippen molar-refractivity contribution in [2.75, 3.05) is 32.1 Å². The number of carbonyl (C=O) groups excluding carboxylic acids is 2. The molecule has 0 radical (unpaired) electrons. The molecule has 1 atom stereocenters. The van der Waals surface area contributed by atoms with Gasteiger partial charge in [-0.2, -0.15) is 4.98 Å². The fourth-order valence-corrected chi connectivity index (χ4v) is 5.44. The van der Waals surface area contributed by atoms with E-state index in [1.54, 1.807) is 17.0 Å². The first-order chi connectivity index (χ1) is 15.5. The van der Waals surface area contributed by atoms with Crippen LogP contribution in [0.1, 0.15) is 24.3 Å². The van der Waals surface area contributed by atoms with E-state index in [2.05, 4.69) is 25.6 Å². The molecule has 4 heterocycles. The van der Waals surface area contributed by atoms with Crippen LogP contribution in [-0.4, -0.2) is 58.5 Å². The number of halogens is 1. The highest BCUT2D eigenvalue weighted by atomic mass is 32.1. The van der Waals surface area contributed by atoms with Gasteiger partial charge in [-0.05, 0) is 30.5 Å². The van der Waals surface area contributed by atoms with E-state index < -0.39 is 5.41 Å². The summed E-state index contributed by atoms with van der Waals surface area (Å²) in [7, 11) is 1.50. The number of methoxy groups -OCH3 is 1. The molecule has 3 amide bonds. The average molecular weight is 457 g/mol. The molecule has 0 unspecified atom stereocenters. The summed E-state index contributed by atoms with van der Waals surface area (Å²) in [5.41, 5.74) is 0.845. The van der Waals surface area contributed by atoms with E-state index in [9.17, 15) is 14.0 Å². The molecule has 11 heteroatoms. The number of aromatic nitrogens is 3. The Labute approximate surface area is 187 Å². The number of amides is 3. The lowest BCUT2D eigenvalue weighted by Crippen LogP contribution is -2.49. The van der Waals surface area contributed by atoms with Gasteiger partial charge in [-0.1, -0.05) is 23.5 Å². The number of hydrogen-bond acceptors (Lipinski definition) is 7. The third-order valence-electron chi connectivity index (χ3n) is 6.37. The van der Waals surface area contributed by atoms with Crippen LogP contribution in [-0.2, 0) is 4.79 Å². The zero-order valence-corrected chi connectivity index (χ0v) is 18.1. The molecular weight excluding hydrogens is 435 g/mol. The predicted octanol–water partition coefficient (Wildman–Crippen LogP) is 2.76. The van der Waals surface area contributed by atoms with Crippen LogP contribution < -0.4 is 15.4 Å². The number of carbonyl (C=O) groups is 2. The molecule has 2 aliphatic rings. The number of anilines is 1. The number of rotatable bonds is 3. The van der Waals surface area contributed by atoms with E-state index in [0.717, 1.165) is 5.56 Å². The molecule has 32 heavy (non-hydrogen) atoms. The van der Waals surface area contributed by atoms with Crippen molar-refractivity contribution in [3.8, 4) is 5.88 Å². The first-order valence-electron chi connectivity index (χ1n) is 10.3. The molecule has 5 rings (SSSR count). The highest BCUT2D eigenvalue weighted by Crippen LogP contribution is 2.47. The molecule has 2 aromatic heterocycles.